The first-order valence-electron chi connectivity index (χ1n) is 4.70. The van der Waals surface area contributed by atoms with Gasteiger partial charge in [-0.1, -0.05) is 19.9 Å². The second kappa shape index (κ2) is 6.21. The van der Waals surface area contributed by atoms with E-state index in [1.165, 1.54) is 0 Å². The lowest BCUT2D eigenvalue weighted by atomic mass is 10.0. The molecule has 0 aliphatic carbocycles. The average Bonchev–Trinajstić information content (AvgIpc) is 1.96. The number of nitrogens with two attached hydrogens (primary N) is 1. The third kappa shape index (κ3) is 5.33. The van der Waals surface area contributed by atoms with Crippen LogP contribution in [0.2, 0.25) is 0 Å². The molecular formula is C10H22NO+. The van der Waals surface area contributed by atoms with E-state index in [-0.39, 0.29) is 6.10 Å². The van der Waals surface area contributed by atoms with Crippen molar-refractivity contribution in [1.29, 1.82) is 0 Å². The topological polar surface area (TPSA) is 36.8 Å². The summed E-state index contributed by atoms with van der Waals surface area (Å²) < 4.78 is 0. The van der Waals surface area contributed by atoms with Crippen LogP contribution in [0.15, 0.2) is 12.7 Å². The summed E-state index contributed by atoms with van der Waals surface area (Å²) in [7, 11) is 0. The first-order valence-corrected chi connectivity index (χ1v) is 4.70. The molecule has 0 bridgehead atoms. The molecule has 0 aromatic rings. The Morgan fingerprint density at radius 2 is 2.00 bits per heavy atom. The van der Waals surface area contributed by atoms with Gasteiger partial charge in [0.1, 0.15) is 6.54 Å². The number of rotatable bonds is 6. The molecule has 0 saturated carbocycles. The van der Waals surface area contributed by atoms with E-state index in [4.69, 9.17) is 5.11 Å². The maximum absolute atomic E-state index is 9.09. The second-order valence-corrected chi connectivity index (χ2v) is 3.75. The molecule has 3 N–H and O–H groups in total. The van der Waals surface area contributed by atoms with Crippen LogP contribution < -0.4 is 5.32 Å². The number of aliphatic hydroxyl groups excluding tert-OH is 1. The molecule has 0 spiro atoms. The van der Waals surface area contributed by atoms with Crippen molar-refractivity contribution < 1.29 is 10.4 Å². The molecule has 0 heterocycles. The zero-order valence-corrected chi connectivity index (χ0v) is 8.46. The van der Waals surface area contributed by atoms with Crippen molar-refractivity contribution in [1.82, 2.24) is 0 Å². The molecular weight excluding hydrogens is 150 g/mol. The first kappa shape index (κ1) is 11.7. The average molecular weight is 172 g/mol. The Labute approximate surface area is 75.7 Å². The van der Waals surface area contributed by atoms with Gasteiger partial charge in [-0.25, -0.2) is 0 Å². The van der Waals surface area contributed by atoms with Crippen molar-refractivity contribution in [2.75, 3.05) is 6.54 Å². The second-order valence-electron chi connectivity index (χ2n) is 3.75. The summed E-state index contributed by atoms with van der Waals surface area (Å²) in [4.78, 5) is 0. The summed E-state index contributed by atoms with van der Waals surface area (Å²) in [5, 5.41) is 11.3. The summed E-state index contributed by atoms with van der Waals surface area (Å²) in [6, 6.07) is 0.567. The molecule has 72 valence electrons. The fraction of sp³-hybridized carbons (Fsp3) is 0.800. The zero-order chi connectivity index (χ0) is 9.56. The van der Waals surface area contributed by atoms with Crippen LogP contribution in [0.3, 0.4) is 0 Å². The molecule has 0 rings (SSSR count). The fourth-order valence-corrected chi connectivity index (χ4v) is 1.20. The molecule has 0 aromatic carbocycles. The molecule has 0 aliphatic rings. The smallest absolute Gasteiger partial charge is 0.102 e. The number of aliphatic hydroxyl groups is 1. The van der Waals surface area contributed by atoms with Gasteiger partial charge in [0.05, 0.1) is 12.1 Å². The summed E-state index contributed by atoms with van der Waals surface area (Å²) in [5.74, 6) is 0.641. The van der Waals surface area contributed by atoms with Crippen molar-refractivity contribution in [3.63, 3.8) is 0 Å². The molecule has 0 amide bonds. The molecule has 2 atom stereocenters. The van der Waals surface area contributed by atoms with Gasteiger partial charge in [-0.3, -0.25) is 0 Å². The van der Waals surface area contributed by atoms with Gasteiger partial charge in [-0.2, -0.15) is 0 Å². The first-order chi connectivity index (χ1) is 5.57. The maximum atomic E-state index is 9.09. The molecule has 0 aromatic heterocycles. The van der Waals surface area contributed by atoms with Gasteiger partial charge in [-0.15, -0.1) is 6.58 Å². The molecule has 0 fully saturated rings. The number of quaternary nitrogens is 1. The van der Waals surface area contributed by atoms with Crippen molar-refractivity contribution in [2.45, 2.75) is 39.3 Å². The SMILES string of the molecule is C=CC[C@@H]([NH2+]C[C@@H](C)O)C(C)C. The Kier molecular flexibility index (Phi) is 6.03. The molecule has 12 heavy (non-hydrogen) atoms. The number of hydrogen-bond acceptors (Lipinski definition) is 1. The molecule has 2 heteroatoms. The van der Waals surface area contributed by atoms with Crippen molar-refractivity contribution in [2.24, 2.45) is 5.92 Å². The van der Waals surface area contributed by atoms with E-state index in [2.05, 4.69) is 25.7 Å². The largest absolute Gasteiger partial charge is 0.388 e. The minimum absolute atomic E-state index is 0.212. The van der Waals surface area contributed by atoms with Crippen LogP contribution in [0.25, 0.3) is 0 Å². The minimum atomic E-state index is -0.212. The van der Waals surface area contributed by atoms with Crippen molar-refractivity contribution in [3.8, 4) is 0 Å². The van der Waals surface area contributed by atoms with Gasteiger partial charge < -0.3 is 10.4 Å². The summed E-state index contributed by atoms with van der Waals surface area (Å²) >= 11 is 0. The van der Waals surface area contributed by atoms with Gasteiger partial charge in [0.15, 0.2) is 0 Å². The normalized spacial score (nSPS) is 16.1. The molecule has 0 aliphatic heterocycles. The summed E-state index contributed by atoms with van der Waals surface area (Å²) in [5.41, 5.74) is 0. The third-order valence-electron chi connectivity index (χ3n) is 2.08. The van der Waals surface area contributed by atoms with Crippen LogP contribution >= 0.6 is 0 Å². The third-order valence-corrected chi connectivity index (χ3v) is 2.08. The lowest BCUT2D eigenvalue weighted by molar-refractivity contribution is -0.699. The molecule has 0 radical (unpaired) electrons. The van der Waals surface area contributed by atoms with Crippen molar-refractivity contribution in [3.05, 3.63) is 12.7 Å². The monoisotopic (exact) mass is 172 g/mol. The predicted octanol–water partition coefficient (Wildman–Crippen LogP) is 0.531. The standard InChI is InChI=1S/C10H21NO/c1-5-6-10(8(2)3)11-7-9(4)12/h5,8-12H,1,6-7H2,2-4H3/p+1/t9-,10-/m1/s1. The van der Waals surface area contributed by atoms with Gasteiger partial charge >= 0.3 is 0 Å². The summed E-state index contributed by atoms with van der Waals surface area (Å²) in [6.45, 7) is 10.7. The van der Waals surface area contributed by atoms with E-state index >= 15 is 0 Å². The van der Waals surface area contributed by atoms with Crippen LogP contribution in [-0.4, -0.2) is 23.8 Å². The van der Waals surface area contributed by atoms with Crippen LogP contribution in [0.1, 0.15) is 27.2 Å². The van der Waals surface area contributed by atoms with E-state index in [9.17, 15) is 0 Å². The molecule has 2 nitrogen and oxygen atoms in total. The summed E-state index contributed by atoms with van der Waals surface area (Å²) in [6.07, 6.45) is 2.75. The Bertz CT molecular complexity index is 121. The number of hydrogen-bond donors (Lipinski definition) is 2. The predicted molar refractivity (Wildman–Crippen MR) is 51.9 cm³/mol. The van der Waals surface area contributed by atoms with Crippen LogP contribution in [0, 0.1) is 5.92 Å². The van der Waals surface area contributed by atoms with E-state index in [0.717, 1.165) is 13.0 Å². The Hall–Kier alpha value is -0.340. The van der Waals surface area contributed by atoms with E-state index in [1.54, 1.807) is 0 Å². The highest BCUT2D eigenvalue weighted by molar-refractivity contribution is 4.73. The fourth-order valence-electron chi connectivity index (χ4n) is 1.20. The Morgan fingerprint density at radius 3 is 2.33 bits per heavy atom. The minimum Gasteiger partial charge on any atom is -0.388 e. The lowest BCUT2D eigenvalue weighted by Gasteiger charge is -2.18. The van der Waals surface area contributed by atoms with Gasteiger partial charge in [0, 0.05) is 12.3 Å². The Balaban J connectivity index is 3.70. The quantitative estimate of drug-likeness (QED) is 0.563. The van der Waals surface area contributed by atoms with Crippen LogP contribution in [0.5, 0.6) is 0 Å². The van der Waals surface area contributed by atoms with Crippen LogP contribution in [0.4, 0.5) is 0 Å². The van der Waals surface area contributed by atoms with E-state index in [0.29, 0.717) is 12.0 Å². The molecule has 0 saturated heterocycles. The van der Waals surface area contributed by atoms with Gasteiger partial charge in [0.2, 0.25) is 0 Å². The highest BCUT2D eigenvalue weighted by Gasteiger charge is 2.14. The highest BCUT2D eigenvalue weighted by atomic mass is 16.3. The van der Waals surface area contributed by atoms with E-state index in [1.807, 2.05) is 13.0 Å². The highest BCUT2D eigenvalue weighted by Crippen LogP contribution is 2.01. The van der Waals surface area contributed by atoms with Gasteiger partial charge in [-0.05, 0) is 6.92 Å². The van der Waals surface area contributed by atoms with Gasteiger partial charge in [0.25, 0.3) is 0 Å². The maximum Gasteiger partial charge on any atom is 0.102 e. The zero-order valence-electron chi connectivity index (χ0n) is 8.46. The lowest BCUT2D eigenvalue weighted by Crippen LogP contribution is -2.92. The molecule has 0 unspecified atom stereocenters. The van der Waals surface area contributed by atoms with E-state index < -0.39 is 0 Å². The van der Waals surface area contributed by atoms with Crippen molar-refractivity contribution >= 4 is 0 Å². The Morgan fingerprint density at radius 1 is 1.42 bits per heavy atom. The van der Waals surface area contributed by atoms with Crippen LogP contribution in [-0.2, 0) is 0 Å².